The highest BCUT2D eigenvalue weighted by Gasteiger charge is 2.28. The van der Waals surface area contributed by atoms with Gasteiger partial charge in [-0.05, 0) is 43.9 Å². The Hall–Kier alpha value is -1.33. The molecule has 1 aromatic heterocycles. The minimum Gasteiger partial charge on any atom is -0.330 e. The smallest absolute Gasteiger partial charge is 0.258 e. The van der Waals surface area contributed by atoms with E-state index >= 15 is 0 Å². The van der Waals surface area contributed by atoms with Gasteiger partial charge in [-0.2, -0.15) is 11.8 Å². The van der Waals surface area contributed by atoms with Crippen LogP contribution in [0, 0.1) is 12.8 Å². The fraction of sp³-hybridized carbons (Fsp3) is 0.500. The molecule has 0 saturated heterocycles. The third-order valence-electron chi connectivity index (χ3n) is 3.97. The largest absolute Gasteiger partial charge is 0.330 e. The minimum absolute atomic E-state index is 0. The lowest BCUT2D eigenvalue weighted by Crippen LogP contribution is -2.32. The summed E-state index contributed by atoms with van der Waals surface area (Å²) in [5, 5.41) is 1.34. The first-order chi connectivity index (χ1) is 9.67. The van der Waals surface area contributed by atoms with E-state index in [0.29, 0.717) is 16.6 Å². The number of aromatic nitrogens is 2. The van der Waals surface area contributed by atoms with Crippen LogP contribution in [0.5, 0.6) is 0 Å². The lowest BCUT2D eigenvalue weighted by molar-refractivity contribution is 0.338. The first-order valence-electron chi connectivity index (χ1n) is 6.97. The third kappa shape index (κ3) is 3.30. The molecule has 3 N–H and O–H groups in total. The van der Waals surface area contributed by atoms with Gasteiger partial charge in [-0.15, -0.1) is 0 Å². The highest BCUT2D eigenvalue weighted by atomic mass is 32.2. The number of aryl methyl sites for hydroxylation is 1. The number of fused-ring (bicyclic) bond motifs is 1. The van der Waals surface area contributed by atoms with Crippen LogP contribution in [0.1, 0.15) is 31.7 Å². The molecule has 1 saturated carbocycles. The summed E-state index contributed by atoms with van der Waals surface area (Å²) in [6.07, 6.45) is 2.38. The fourth-order valence-corrected chi connectivity index (χ4v) is 3.97. The number of rotatable bonds is 4. The van der Waals surface area contributed by atoms with Gasteiger partial charge >= 0.3 is 0 Å². The number of benzene rings is 1. The quantitative estimate of drug-likeness (QED) is 0.911. The predicted molar refractivity (Wildman–Crippen MR) is 90.7 cm³/mol. The van der Waals surface area contributed by atoms with E-state index in [9.17, 15) is 4.79 Å². The number of nitrogens with one attached hydrogen (secondary N) is 1. The standard InChI is InChI=1S/C15H19N3OS.CH4/c1-9-3-2-4-12-14(9)17-13(18-15(12)19)8-20-11-5-10(6-11)7-16;/h2-4,10-11H,5-8,16H2,1H3,(H,17,18,19);1H4. The first kappa shape index (κ1) is 16.0. The van der Waals surface area contributed by atoms with Crippen molar-refractivity contribution in [3.8, 4) is 0 Å². The lowest BCUT2D eigenvalue weighted by atomic mass is 9.85. The number of H-pyrrole nitrogens is 1. The maximum absolute atomic E-state index is 12.1. The molecule has 1 aliphatic carbocycles. The van der Waals surface area contributed by atoms with Crippen LogP contribution < -0.4 is 11.3 Å². The molecule has 2 aromatic rings. The van der Waals surface area contributed by atoms with E-state index in [0.717, 1.165) is 29.2 Å². The van der Waals surface area contributed by atoms with Crippen LogP contribution in [0.2, 0.25) is 0 Å². The van der Waals surface area contributed by atoms with Crippen LogP contribution in [-0.2, 0) is 5.75 Å². The van der Waals surface area contributed by atoms with Crippen molar-refractivity contribution in [2.24, 2.45) is 11.7 Å². The van der Waals surface area contributed by atoms with E-state index < -0.39 is 0 Å². The molecule has 0 radical (unpaired) electrons. The van der Waals surface area contributed by atoms with Crippen LogP contribution in [0.25, 0.3) is 10.9 Å². The summed E-state index contributed by atoms with van der Waals surface area (Å²) in [6, 6.07) is 5.71. The summed E-state index contributed by atoms with van der Waals surface area (Å²) in [7, 11) is 0. The van der Waals surface area contributed by atoms with Crippen molar-refractivity contribution < 1.29 is 0 Å². The average molecular weight is 305 g/mol. The Morgan fingerprint density at radius 3 is 2.90 bits per heavy atom. The zero-order valence-electron chi connectivity index (χ0n) is 11.6. The fourth-order valence-electron chi connectivity index (χ4n) is 2.62. The van der Waals surface area contributed by atoms with Crippen molar-refractivity contribution in [2.45, 2.75) is 38.2 Å². The molecule has 0 amide bonds. The zero-order valence-corrected chi connectivity index (χ0v) is 12.4. The van der Waals surface area contributed by atoms with Crippen LogP contribution in [0.15, 0.2) is 23.0 Å². The number of hydrogen-bond donors (Lipinski definition) is 2. The van der Waals surface area contributed by atoms with Gasteiger partial charge in [0.2, 0.25) is 0 Å². The number of nitrogens with two attached hydrogens (primary N) is 1. The molecule has 0 atom stereocenters. The van der Waals surface area contributed by atoms with Crippen molar-refractivity contribution in [3.05, 3.63) is 39.9 Å². The Labute approximate surface area is 129 Å². The van der Waals surface area contributed by atoms with Crippen LogP contribution >= 0.6 is 11.8 Å². The highest BCUT2D eigenvalue weighted by Crippen LogP contribution is 2.37. The molecule has 0 spiro atoms. The number of aromatic amines is 1. The lowest BCUT2D eigenvalue weighted by Gasteiger charge is -2.33. The van der Waals surface area contributed by atoms with Gasteiger partial charge in [-0.25, -0.2) is 4.98 Å². The summed E-state index contributed by atoms with van der Waals surface area (Å²) < 4.78 is 0. The molecule has 4 nitrogen and oxygen atoms in total. The molecule has 5 heteroatoms. The van der Waals surface area contributed by atoms with Crippen LogP contribution in [-0.4, -0.2) is 21.8 Å². The molecule has 3 rings (SSSR count). The van der Waals surface area contributed by atoms with Gasteiger partial charge in [-0.3, -0.25) is 4.79 Å². The van der Waals surface area contributed by atoms with Crippen LogP contribution in [0.4, 0.5) is 0 Å². The van der Waals surface area contributed by atoms with Crippen molar-refractivity contribution in [2.75, 3.05) is 6.54 Å². The second-order valence-electron chi connectivity index (χ2n) is 5.49. The van der Waals surface area contributed by atoms with E-state index in [2.05, 4.69) is 9.97 Å². The van der Waals surface area contributed by atoms with Gasteiger partial charge in [0.1, 0.15) is 5.82 Å². The molecular formula is C16H23N3OS. The maximum atomic E-state index is 12.1. The maximum Gasteiger partial charge on any atom is 0.258 e. The second kappa shape index (κ2) is 6.62. The van der Waals surface area contributed by atoms with Crippen molar-refractivity contribution >= 4 is 22.7 Å². The molecule has 0 aliphatic heterocycles. The molecule has 1 aliphatic rings. The van der Waals surface area contributed by atoms with E-state index in [1.54, 1.807) is 0 Å². The predicted octanol–water partition coefficient (Wildman–Crippen LogP) is 2.84. The minimum atomic E-state index is -0.0391. The van der Waals surface area contributed by atoms with E-state index in [4.69, 9.17) is 5.73 Å². The Morgan fingerprint density at radius 2 is 2.19 bits per heavy atom. The number of thioether (sulfide) groups is 1. The zero-order chi connectivity index (χ0) is 14.1. The van der Waals surface area contributed by atoms with E-state index in [1.807, 2.05) is 36.9 Å². The third-order valence-corrected chi connectivity index (χ3v) is 5.26. The van der Waals surface area contributed by atoms with Crippen molar-refractivity contribution in [1.29, 1.82) is 0 Å². The average Bonchev–Trinajstić information content (AvgIpc) is 2.38. The summed E-state index contributed by atoms with van der Waals surface area (Å²) in [4.78, 5) is 19.6. The van der Waals surface area contributed by atoms with Gasteiger partial charge in [0, 0.05) is 5.25 Å². The monoisotopic (exact) mass is 305 g/mol. The van der Waals surface area contributed by atoms with Crippen molar-refractivity contribution in [3.63, 3.8) is 0 Å². The molecule has 0 unspecified atom stereocenters. The molecule has 1 fully saturated rings. The Kier molecular flexibility index (Phi) is 5.06. The van der Waals surface area contributed by atoms with E-state index in [1.165, 1.54) is 12.8 Å². The SMILES string of the molecule is C.Cc1cccc2c(=O)[nH]c(CSC3CC(CN)C3)nc12. The van der Waals surface area contributed by atoms with Crippen molar-refractivity contribution in [1.82, 2.24) is 9.97 Å². The molecule has 1 heterocycles. The number of hydrogen-bond acceptors (Lipinski definition) is 4. The van der Waals surface area contributed by atoms with Gasteiger partial charge in [0.25, 0.3) is 5.56 Å². The normalized spacial score (nSPS) is 20.9. The van der Waals surface area contributed by atoms with E-state index in [-0.39, 0.29) is 13.0 Å². The second-order valence-corrected chi connectivity index (χ2v) is 6.78. The Morgan fingerprint density at radius 1 is 1.43 bits per heavy atom. The highest BCUT2D eigenvalue weighted by molar-refractivity contribution is 7.99. The molecule has 0 bridgehead atoms. The van der Waals surface area contributed by atoms with Gasteiger partial charge < -0.3 is 10.7 Å². The Balaban J connectivity index is 0.00000161. The van der Waals surface area contributed by atoms with Gasteiger partial charge in [-0.1, -0.05) is 19.6 Å². The number of nitrogens with zero attached hydrogens (tertiary/aromatic N) is 1. The summed E-state index contributed by atoms with van der Waals surface area (Å²) >= 11 is 1.87. The van der Waals surface area contributed by atoms with Crippen LogP contribution in [0.3, 0.4) is 0 Å². The summed E-state index contributed by atoms with van der Waals surface area (Å²) in [6.45, 7) is 2.78. The molecule has 1 aromatic carbocycles. The number of para-hydroxylation sites is 1. The first-order valence-corrected chi connectivity index (χ1v) is 8.02. The van der Waals surface area contributed by atoms with Gasteiger partial charge in [0.15, 0.2) is 0 Å². The van der Waals surface area contributed by atoms with Gasteiger partial charge in [0.05, 0.1) is 16.7 Å². The molecular weight excluding hydrogens is 282 g/mol. The summed E-state index contributed by atoms with van der Waals surface area (Å²) in [5.41, 5.74) is 7.46. The molecule has 21 heavy (non-hydrogen) atoms. The topological polar surface area (TPSA) is 71.8 Å². The molecule has 114 valence electrons. The Bertz CT molecular complexity index is 677. The summed E-state index contributed by atoms with van der Waals surface area (Å²) in [5.74, 6) is 2.23.